The van der Waals surface area contributed by atoms with Crippen LogP contribution in [-0.4, -0.2) is 5.97 Å². The molecule has 0 saturated carbocycles. The molecule has 3 heteroatoms. The molecule has 0 aliphatic heterocycles. The van der Waals surface area contributed by atoms with Gasteiger partial charge in [0.25, 0.3) is 0 Å². The number of rotatable bonds is 1. The van der Waals surface area contributed by atoms with Gasteiger partial charge in [0.05, 0.1) is 0 Å². The summed E-state index contributed by atoms with van der Waals surface area (Å²) in [6.07, 6.45) is 1.08. The van der Waals surface area contributed by atoms with Crippen LogP contribution in [0.3, 0.4) is 0 Å². The van der Waals surface area contributed by atoms with Gasteiger partial charge in [-0.3, -0.25) is 0 Å². The summed E-state index contributed by atoms with van der Waals surface area (Å²) < 4.78 is 4.02. The topological polar surface area (TPSA) is 26.3 Å². The van der Waals surface area contributed by atoms with E-state index in [9.17, 15) is 4.79 Å². The molecule has 0 atom stereocenters. The van der Waals surface area contributed by atoms with Crippen LogP contribution in [0.5, 0.6) is 0 Å². The molecule has 0 amide bonds. The van der Waals surface area contributed by atoms with E-state index in [1.54, 1.807) is 0 Å². The fourth-order valence-corrected chi connectivity index (χ4v) is 0.140. The second-order valence-electron chi connectivity index (χ2n) is 0.606. The van der Waals surface area contributed by atoms with Crippen molar-refractivity contribution in [3.63, 3.8) is 0 Å². The molecule has 0 aromatic carbocycles. The average Bonchev–Trinajstić information content (AvgIpc) is 1.65. The van der Waals surface area contributed by atoms with Gasteiger partial charge in [0.2, 0.25) is 0 Å². The first-order valence-electron chi connectivity index (χ1n) is 1.27. The first kappa shape index (κ1) is 5.74. The monoisotopic (exact) mass is 123 g/mol. The molecule has 0 aliphatic carbocycles. The zero-order valence-corrected chi connectivity index (χ0v) is 4.28. The van der Waals surface area contributed by atoms with Gasteiger partial charge in [0.15, 0.2) is 0 Å². The molecule has 0 heterocycles. The van der Waals surface area contributed by atoms with Gasteiger partial charge >= 0.3 is 43.8 Å². The summed E-state index contributed by atoms with van der Waals surface area (Å²) in [5.74, 6) is -0.449. The van der Waals surface area contributed by atoms with Crippen molar-refractivity contribution >= 4 is 5.97 Å². The summed E-state index contributed by atoms with van der Waals surface area (Å²) in [6, 6.07) is 0. The number of carbonyl (C=O) groups is 1. The maximum absolute atomic E-state index is 9.81. The van der Waals surface area contributed by atoms with Crippen molar-refractivity contribution in [3.05, 3.63) is 12.7 Å². The van der Waals surface area contributed by atoms with Gasteiger partial charge in [0.1, 0.15) is 0 Å². The molecule has 0 bridgehead atoms. The SMILES string of the molecule is C=CC(=O)[O][Cr]. The van der Waals surface area contributed by atoms with Gasteiger partial charge in [-0.05, 0) is 0 Å². The second kappa shape index (κ2) is 2.95. The standard InChI is InChI=1S/C3H4O2.Cr/c1-2-3(4)5;/h2H,1H2,(H,4,5);/q;+1/p-1. The Balaban J connectivity index is 3.23. The van der Waals surface area contributed by atoms with Crippen LogP contribution in [0.1, 0.15) is 0 Å². The molecule has 0 fully saturated rings. The van der Waals surface area contributed by atoms with Crippen LogP contribution in [0, 0.1) is 0 Å². The third-order valence-corrected chi connectivity index (χ3v) is 0.505. The van der Waals surface area contributed by atoms with E-state index in [0.717, 1.165) is 6.08 Å². The predicted octanol–water partition coefficient (Wildman–Crippen LogP) is 0.177. The molecule has 6 heavy (non-hydrogen) atoms. The van der Waals surface area contributed by atoms with Crippen LogP contribution in [0.4, 0.5) is 0 Å². The zero-order chi connectivity index (χ0) is 4.99. The second-order valence-corrected chi connectivity index (χ2v) is 0.867. The molecular formula is C3H3CrO2. The summed E-state index contributed by atoms with van der Waals surface area (Å²) in [4.78, 5) is 9.81. The van der Waals surface area contributed by atoms with Crippen molar-refractivity contribution in [2.24, 2.45) is 0 Å². The van der Waals surface area contributed by atoms with Crippen molar-refractivity contribution in [1.29, 1.82) is 0 Å². The molecule has 0 aromatic heterocycles. The Kier molecular flexibility index (Phi) is 2.83. The molecular weight excluding hydrogens is 120 g/mol. The minimum absolute atomic E-state index is 0.449. The van der Waals surface area contributed by atoms with Crippen molar-refractivity contribution in [2.75, 3.05) is 0 Å². The molecule has 0 radical (unpaired) electrons. The van der Waals surface area contributed by atoms with E-state index >= 15 is 0 Å². The van der Waals surface area contributed by atoms with Crippen LogP contribution < -0.4 is 0 Å². The Morgan fingerprint density at radius 1 is 2.00 bits per heavy atom. The Bertz CT molecular complexity index is 69.2. The predicted molar refractivity (Wildman–Crippen MR) is 16.3 cm³/mol. The zero-order valence-electron chi connectivity index (χ0n) is 3.01. The molecule has 0 spiro atoms. The van der Waals surface area contributed by atoms with E-state index in [0.29, 0.717) is 0 Å². The van der Waals surface area contributed by atoms with E-state index in [-0.39, 0.29) is 0 Å². The third-order valence-electron chi connectivity index (χ3n) is 0.249. The van der Waals surface area contributed by atoms with E-state index in [2.05, 4.69) is 27.0 Å². The van der Waals surface area contributed by atoms with E-state index in [4.69, 9.17) is 0 Å². The fourth-order valence-electron chi connectivity index (χ4n) is 0.0340. The molecule has 0 aromatic rings. The number of hydrogen-bond acceptors (Lipinski definition) is 2. The number of carbonyl (C=O) groups excluding carboxylic acids is 1. The van der Waals surface area contributed by atoms with Crippen LogP contribution in [0.2, 0.25) is 0 Å². The summed E-state index contributed by atoms with van der Waals surface area (Å²) in [7, 11) is 0. The summed E-state index contributed by atoms with van der Waals surface area (Å²) in [6.45, 7) is 3.14. The maximum atomic E-state index is 9.81. The van der Waals surface area contributed by atoms with Crippen molar-refractivity contribution in [1.82, 2.24) is 0 Å². The van der Waals surface area contributed by atoms with Gasteiger partial charge < -0.3 is 0 Å². The van der Waals surface area contributed by atoms with Gasteiger partial charge in [-0.25, -0.2) is 0 Å². The Morgan fingerprint density at radius 3 is 2.50 bits per heavy atom. The third kappa shape index (κ3) is 2.01. The molecule has 33 valence electrons. The van der Waals surface area contributed by atoms with E-state index in [1.165, 1.54) is 0 Å². The van der Waals surface area contributed by atoms with Gasteiger partial charge in [-0.2, -0.15) is 0 Å². The summed E-state index contributed by atoms with van der Waals surface area (Å²) in [5, 5.41) is 0. The van der Waals surface area contributed by atoms with Gasteiger partial charge in [0, 0.05) is 0 Å². The molecule has 2 nitrogen and oxygen atoms in total. The van der Waals surface area contributed by atoms with Crippen molar-refractivity contribution in [3.8, 4) is 0 Å². The molecule has 0 saturated heterocycles. The van der Waals surface area contributed by atoms with E-state index in [1.807, 2.05) is 0 Å². The van der Waals surface area contributed by atoms with Crippen LogP contribution in [-0.2, 0) is 25.2 Å². The Morgan fingerprint density at radius 2 is 2.50 bits per heavy atom. The fraction of sp³-hybridized carbons (Fsp3) is 0. The van der Waals surface area contributed by atoms with Gasteiger partial charge in [-0.15, -0.1) is 0 Å². The Hall–Kier alpha value is -0.258. The van der Waals surface area contributed by atoms with Crippen molar-refractivity contribution < 1.29 is 25.2 Å². The van der Waals surface area contributed by atoms with Crippen LogP contribution >= 0.6 is 0 Å². The Labute approximate surface area is 44.6 Å². The molecule has 0 N–H and O–H groups in total. The summed E-state index contributed by atoms with van der Waals surface area (Å²) >= 11 is 2.07. The molecule has 0 unspecified atom stereocenters. The van der Waals surface area contributed by atoms with Gasteiger partial charge in [-0.1, -0.05) is 0 Å². The van der Waals surface area contributed by atoms with E-state index < -0.39 is 5.97 Å². The molecule has 0 aliphatic rings. The molecule has 0 rings (SSSR count). The normalized spacial score (nSPS) is 6.67. The minimum atomic E-state index is -0.449. The first-order chi connectivity index (χ1) is 2.81. The summed E-state index contributed by atoms with van der Waals surface area (Å²) in [5.41, 5.74) is 0. The van der Waals surface area contributed by atoms with Crippen LogP contribution in [0.25, 0.3) is 0 Å². The van der Waals surface area contributed by atoms with Crippen molar-refractivity contribution in [2.45, 2.75) is 0 Å². The van der Waals surface area contributed by atoms with Crippen LogP contribution in [0.15, 0.2) is 12.7 Å². The number of hydrogen-bond donors (Lipinski definition) is 0. The average molecular weight is 123 g/mol. The first-order valence-corrected chi connectivity index (χ1v) is 1.79. The quantitative estimate of drug-likeness (QED) is 0.465.